The zero-order valence-corrected chi connectivity index (χ0v) is 16.9. The number of carbonyl (C=O) groups is 2. The SMILES string of the molecule is Cc1ccccc1C(=O)NCc1ccc2c(c1)N(C(=O)c1ccc(Cl)cc1)CC2. The van der Waals surface area contributed by atoms with Gasteiger partial charge in [0.2, 0.25) is 0 Å². The van der Waals surface area contributed by atoms with Gasteiger partial charge < -0.3 is 10.2 Å². The van der Waals surface area contributed by atoms with E-state index < -0.39 is 0 Å². The molecule has 2 amide bonds. The van der Waals surface area contributed by atoms with Crippen LogP contribution >= 0.6 is 11.6 Å². The lowest BCUT2D eigenvalue weighted by molar-refractivity contribution is 0.0948. The smallest absolute Gasteiger partial charge is 0.258 e. The van der Waals surface area contributed by atoms with E-state index >= 15 is 0 Å². The maximum absolute atomic E-state index is 12.9. The van der Waals surface area contributed by atoms with Crippen LogP contribution in [0.5, 0.6) is 0 Å². The summed E-state index contributed by atoms with van der Waals surface area (Å²) in [6.45, 7) is 2.98. The van der Waals surface area contributed by atoms with E-state index in [2.05, 4.69) is 5.32 Å². The number of fused-ring (bicyclic) bond motifs is 1. The molecule has 0 spiro atoms. The fourth-order valence-electron chi connectivity index (χ4n) is 3.60. The zero-order valence-electron chi connectivity index (χ0n) is 16.1. The lowest BCUT2D eigenvalue weighted by Crippen LogP contribution is -2.29. The largest absolute Gasteiger partial charge is 0.348 e. The van der Waals surface area contributed by atoms with Crippen LogP contribution in [0.25, 0.3) is 0 Å². The monoisotopic (exact) mass is 404 g/mol. The van der Waals surface area contributed by atoms with E-state index in [0.29, 0.717) is 29.2 Å². The molecule has 4 nitrogen and oxygen atoms in total. The predicted octanol–water partition coefficient (Wildman–Crippen LogP) is 4.78. The molecule has 4 rings (SSSR count). The number of nitrogens with one attached hydrogen (secondary N) is 1. The van der Waals surface area contributed by atoms with Crippen LogP contribution in [0.1, 0.15) is 37.4 Å². The van der Waals surface area contributed by atoms with Gasteiger partial charge in [-0.05, 0) is 66.4 Å². The van der Waals surface area contributed by atoms with Gasteiger partial charge in [-0.2, -0.15) is 0 Å². The maximum atomic E-state index is 12.9. The van der Waals surface area contributed by atoms with Gasteiger partial charge in [-0.15, -0.1) is 0 Å². The van der Waals surface area contributed by atoms with Crippen molar-refractivity contribution in [3.8, 4) is 0 Å². The number of hydrogen-bond acceptors (Lipinski definition) is 2. The van der Waals surface area contributed by atoms with Crippen molar-refractivity contribution in [2.45, 2.75) is 19.9 Å². The summed E-state index contributed by atoms with van der Waals surface area (Å²) in [4.78, 5) is 27.2. The first-order valence-electron chi connectivity index (χ1n) is 9.56. The second-order valence-corrected chi connectivity index (χ2v) is 7.61. The minimum Gasteiger partial charge on any atom is -0.348 e. The van der Waals surface area contributed by atoms with E-state index in [9.17, 15) is 9.59 Å². The number of carbonyl (C=O) groups excluding carboxylic acids is 2. The third-order valence-electron chi connectivity index (χ3n) is 5.22. The Morgan fingerprint density at radius 2 is 1.79 bits per heavy atom. The van der Waals surface area contributed by atoms with Crippen LogP contribution in [-0.2, 0) is 13.0 Å². The maximum Gasteiger partial charge on any atom is 0.258 e. The Bertz CT molecular complexity index is 1080. The molecule has 146 valence electrons. The highest BCUT2D eigenvalue weighted by Gasteiger charge is 2.25. The molecule has 0 aromatic heterocycles. The van der Waals surface area contributed by atoms with Gasteiger partial charge in [0.25, 0.3) is 11.8 Å². The summed E-state index contributed by atoms with van der Waals surface area (Å²) in [7, 11) is 0. The highest BCUT2D eigenvalue weighted by Crippen LogP contribution is 2.30. The third kappa shape index (κ3) is 4.03. The molecule has 0 saturated carbocycles. The number of hydrogen-bond donors (Lipinski definition) is 1. The average Bonchev–Trinajstić information content (AvgIpc) is 3.15. The van der Waals surface area contributed by atoms with Crippen LogP contribution in [0.2, 0.25) is 5.02 Å². The lowest BCUT2D eigenvalue weighted by atomic mass is 10.1. The van der Waals surface area contributed by atoms with Crippen LogP contribution in [0, 0.1) is 6.92 Å². The van der Waals surface area contributed by atoms with E-state index in [-0.39, 0.29) is 11.8 Å². The fraction of sp³-hybridized carbons (Fsp3) is 0.167. The molecule has 1 aliphatic heterocycles. The Balaban J connectivity index is 1.50. The van der Waals surface area contributed by atoms with E-state index in [0.717, 1.165) is 28.8 Å². The van der Waals surface area contributed by atoms with Crippen molar-refractivity contribution in [2.24, 2.45) is 0 Å². The minimum atomic E-state index is -0.0994. The van der Waals surface area contributed by atoms with Crippen molar-refractivity contribution in [1.82, 2.24) is 5.32 Å². The topological polar surface area (TPSA) is 49.4 Å². The molecule has 3 aromatic carbocycles. The molecular formula is C24H21ClN2O2. The molecule has 1 N–H and O–H groups in total. The number of aryl methyl sites for hydroxylation is 1. The number of rotatable bonds is 4. The summed E-state index contributed by atoms with van der Waals surface area (Å²) in [5.74, 6) is -0.140. The Hall–Kier alpha value is -3.11. The first kappa shape index (κ1) is 19.2. The quantitative estimate of drug-likeness (QED) is 0.680. The predicted molar refractivity (Wildman–Crippen MR) is 116 cm³/mol. The van der Waals surface area contributed by atoms with Crippen LogP contribution in [-0.4, -0.2) is 18.4 Å². The van der Waals surface area contributed by atoms with Crippen molar-refractivity contribution >= 4 is 29.1 Å². The van der Waals surface area contributed by atoms with Gasteiger partial charge in [-0.25, -0.2) is 0 Å². The minimum absolute atomic E-state index is 0.0403. The van der Waals surface area contributed by atoms with Gasteiger partial charge in [0.05, 0.1) is 0 Å². The highest BCUT2D eigenvalue weighted by atomic mass is 35.5. The Labute approximate surface area is 175 Å². The normalized spacial score (nSPS) is 12.6. The van der Waals surface area contributed by atoms with Crippen LogP contribution in [0.15, 0.2) is 66.7 Å². The third-order valence-corrected chi connectivity index (χ3v) is 5.48. The molecule has 29 heavy (non-hydrogen) atoms. The zero-order chi connectivity index (χ0) is 20.4. The number of anilines is 1. The molecule has 5 heteroatoms. The van der Waals surface area contributed by atoms with Crippen LogP contribution < -0.4 is 10.2 Å². The number of amides is 2. The summed E-state index contributed by atoms with van der Waals surface area (Å²) < 4.78 is 0. The molecule has 0 atom stereocenters. The molecule has 0 aliphatic carbocycles. The standard InChI is InChI=1S/C24H21ClN2O2/c1-16-4-2-3-5-21(16)23(28)26-15-17-6-7-18-12-13-27(22(18)14-17)24(29)19-8-10-20(25)11-9-19/h2-11,14H,12-13,15H2,1H3,(H,26,28). The van der Waals surface area contributed by atoms with Crippen molar-refractivity contribution in [3.63, 3.8) is 0 Å². The molecule has 0 radical (unpaired) electrons. The summed E-state index contributed by atoms with van der Waals surface area (Å²) >= 11 is 5.93. The second kappa shape index (κ2) is 8.10. The Morgan fingerprint density at radius 1 is 1.03 bits per heavy atom. The molecule has 0 unspecified atom stereocenters. The Morgan fingerprint density at radius 3 is 2.55 bits per heavy atom. The molecule has 3 aromatic rings. The van der Waals surface area contributed by atoms with Gasteiger partial charge in [-0.1, -0.05) is 41.9 Å². The lowest BCUT2D eigenvalue weighted by Gasteiger charge is -2.18. The van der Waals surface area contributed by atoms with Crippen molar-refractivity contribution < 1.29 is 9.59 Å². The van der Waals surface area contributed by atoms with Gasteiger partial charge in [0.1, 0.15) is 0 Å². The van der Waals surface area contributed by atoms with Gasteiger partial charge in [-0.3, -0.25) is 9.59 Å². The van der Waals surface area contributed by atoms with Crippen LogP contribution in [0.4, 0.5) is 5.69 Å². The highest BCUT2D eigenvalue weighted by molar-refractivity contribution is 6.30. The number of benzene rings is 3. The summed E-state index contributed by atoms with van der Waals surface area (Å²) in [5.41, 5.74) is 5.24. The molecule has 1 aliphatic rings. The van der Waals surface area contributed by atoms with Crippen molar-refractivity contribution in [1.29, 1.82) is 0 Å². The van der Waals surface area contributed by atoms with E-state index in [4.69, 9.17) is 11.6 Å². The summed E-state index contributed by atoms with van der Waals surface area (Å²) in [6.07, 6.45) is 0.824. The second-order valence-electron chi connectivity index (χ2n) is 7.17. The van der Waals surface area contributed by atoms with Gasteiger partial charge >= 0.3 is 0 Å². The van der Waals surface area contributed by atoms with Gasteiger partial charge in [0, 0.05) is 34.9 Å². The summed E-state index contributed by atoms with van der Waals surface area (Å²) in [6, 6.07) is 20.5. The first-order valence-corrected chi connectivity index (χ1v) is 9.94. The molecular weight excluding hydrogens is 384 g/mol. The summed E-state index contributed by atoms with van der Waals surface area (Å²) in [5, 5.41) is 3.58. The molecule has 1 heterocycles. The van der Waals surface area contributed by atoms with E-state index in [1.165, 1.54) is 0 Å². The van der Waals surface area contributed by atoms with Gasteiger partial charge in [0.15, 0.2) is 0 Å². The first-order chi connectivity index (χ1) is 14.0. The number of halogens is 1. The number of nitrogens with zero attached hydrogens (tertiary/aromatic N) is 1. The fourth-order valence-corrected chi connectivity index (χ4v) is 3.73. The van der Waals surface area contributed by atoms with Crippen molar-refractivity contribution in [3.05, 3.63) is 99.6 Å². The molecule has 0 bridgehead atoms. The average molecular weight is 405 g/mol. The Kier molecular flexibility index (Phi) is 5.36. The molecule has 0 saturated heterocycles. The van der Waals surface area contributed by atoms with E-state index in [1.807, 2.05) is 49.4 Å². The molecule has 0 fully saturated rings. The van der Waals surface area contributed by atoms with E-state index in [1.54, 1.807) is 29.2 Å². The van der Waals surface area contributed by atoms with Crippen LogP contribution in [0.3, 0.4) is 0 Å². The van der Waals surface area contributed by atoms with Crippen molar-refractivity contribution in [2.75, 3.05) is 11.4 Å².